The second-order valence-electron chi connectivity index (χ2n) is 4.97. The Kier molecular flexibility index (Phi) is 3.97. The maximum atomic E-state index is 11.0. The number of nitrogens with one attached hydrogen (secondary N) is 1. The number of allylic oxidation sites excluding steroid dienone is 1. The van der Waals surface area contributed by atoms with Crippen LogP contribution in [0.15, 0.2) is 30.4 Å². The van der Waals surface area contributed by atoms with Crippen LogP contribution in [0.5, 0.6) is 0 Å². The fourth-order valence-electron chi connectivity index (χ4n) is 2.30. The molecule has 0 radical (unpaired) electrons. The second kappa shape index (κ2) is 5.68. The standard InChI is InChI=1S/C13H15N3O4/c1-9-3-2-4-10(7-9)14-12-6-5-11(15(17)18)8-13(12)16(19)20/h2,4-6,8-10,14H,3,7H2,1H3/t9-,10-/m0/s1. The summed E-state index contributed by atoms with van der Waals surface area (Å²) >= 11 is 0. The smallest absolute Gasteiger partial charge is 0.299 e. The normalized spacial score (nSPS) is 21.4. The summed E-state index contributed by atoms with van der Waals surface area (Å²) in [7, 11) is 0. The quantitative estimate of drug-likeness (QED) is 0.517. The molecule has 20 heavy (non-hydrogen) atoms. The van der Waals surface area contributed by atoms with Gasteiger partial charge in [-0.25, -0.2) is 0 Å². The molecule has 1 aromatic carbocycles. The molecule has 0 heterocycles. The molecular weight excluding hydrogens is 262 g/mol. The van der Waals surface area contributed by atoms with Gasteiger partial charge in [0.15, 0.2) is 0 Å². The van der Waals surface area contributed by atoms with Gasteiger partial charge in [-0.15, -0.1) is 0 Å². The van der Waals surface area contributed by atoms with Crippen LogP contribution >= 0.6 is 0 Å². The molecule has 0 aromatic heterocycles. The lowest BCUT2D eigenvalue weighted by Crippen LogP contribution is -2.23. The van der Waals surface area contributed by atoms with Gasteiger partial charge in [0.1, 0.15) is 5.69 Å². The summed E-state index contributed by atoms with van der Waals surface area (Å²) in [6, 6.07) is 3.66. The molecule has 7 heteroatoms. The van der Waals surface area contributed by atoms with E-state index in [-0.39, 0.29) is 17.4 Å². The largest absolute Gasteiger partial charge is 0.373 e. The van der Waals surface area contributed by atoms with E-state index in [9.17, 15) is 20.2 Å². The van der Waals surface area contributed by atoms with Crippen molar-refractivity contribution in [1.29, 1.82) is 0 Å². The number of nitro benzene ring substituents is 2. The first kappa shape index (κ1) is 14.0. The Morgan fingerprint density at radius 3 is 2.60 bits per heavy atom. The van der Waals surface area contributed by atoms with E-state index in [0.717, 1.165) is 18.9 Å². The van der Waals surface area contributed by atoms with Gasteiger partial charge >= 0.3 is 0 Å². The molecule has 106 valence electrons. The number of non-ortho nitro benzene ring substituents is 1. The number of nitrogens with zero attached hydrogens (tertiary/aromatic N) is 2. The number of hydrogen-bond acceptors (Lipinski definition) is 5. The van der Waals surface area contributed by atoms with Crippen LogP contribution in [0, 0.1) is 26.1 Å². The van der Waals surface area contributed by atoms with Crippen LogP contribution in [-0.2, 0) is 0 Å². The number of rotatable bonds is 4. The molecule has 7 nitrogen and oxygen atoms in total. The van der Waals surface area contributed by atoms with E-state index >= 15 is 0 Å². The van der Waals surface area contributed by atoms with E-state index in [4.69, 9.17) is 0 Å². The van der Waals surface area contributed by atoms with Crippen LogP contribution in [-0.4, -0.2) is 15.9 Å². The van der Waals surface area contributed by atoms with Crippen LogP contribution in [0.1, 0.15) is 19.8 Å². The molecule has 2 rings (SSSR count). The minimum Gasteiger partial charge on any atom is -0.373 e. The highest BCUT2D eigenvalue weighted by molar-refractivity contribution is 5.66. The molecular formula is C13H15N3O4. The van der Waals surface area contributed by atoms with Gasteiger partial charge < -0.3 is 5.32 Å². The average Bonchev–Trinajstić information content (AvgIpc) is 2.38. The van der Waals surface area contributed by atoms with E-state index in [2.05, 4.69) is 12.2 Å². The van der Waals surface area contributed by atoms with E-state index in [1.54, 1.807) is 0 Å². The Balaban J connectivity index is 2.27. The van der Waals surface area contributed by atoms with Crippen LogP contribution in [0.25, 0.3) is 0 Å². The van der Waals surface area contributed by atoms with Crippen molar-refractivity contribution in [3.63, 3.8) is 0 Å². The molecule has 2 atom stereocenters. The molecule has 0 unspecified atom stereocenters. The minimum absolute atomic E-state index is 0.0129. The summed E-state index contributed by atoms with van der Waals surface area (Å²) in [6.07, 6.45) is 5.90. The average molecular weight is 277 g/mol. The Morgan fingerprint density at radius 2 is 2.00 bits per heavy atom. The molecule has 0 aliphatic heterocycles. The lowest BCUT2D eigenvalue weighted by atomic mass is 9.92. The number of anilines is 1. The van der Waals surface area contributed by atoms with Crippen LogP contribution in [0.4, 0.5) is 17.1 Å². The molecule has 0 bridgehead atoms. The molecule has 0 spiro atoms. The highest BCUT2D eigenvalue weighted by Crippen LogP contribution is 2.31. The van der Waals surface area contributed by atoms with Crippen molar-refractivity contribution in [2.24, 2.45) is 5.92 Å². The highest BCUT2D eigenvalue weighted by atomic mass is 16.6. The van der Waals surface area contributed by atoms with Crippen LogP contribution < -0.4 is 5.32 Å². The predicted molar refractivity (Wildman–Crippen MR) is 74.7 cm³/mol. The molecule has 1 aliphatic carbocycles. The Labute approximate surface area is 115 Å². The topological polar surface area (TPSA) is 98.3 Å². The van der Waals surface area contributed by atoms with Gasteiger partial charge in [-0.1, -0.05) is 19.1 Å². The molecule has 0 amide bonds. The predicted octanol–water partition coefficient (Wildman–Crippen LogP) is 3.27. The first-order chi connectivity index (χ1) is 9.47. The Bertz CT molecular complexity index is 571. The van der Waals surface area contributed by atoms with Crippen LogP contribution in [0.2, 0.25) is 0 Å². The molecule has 0 saturated carbocycles. The van der Waals surface area contributed by atoms with Crippen molar-refractivity contribution in [3.8, 4) is 0 Å². The molecule has 1 aliphatic rings. The number of nitro groups is 2. The summed E-state index contributed by atoms with van der Waals surface area (Å²) in [5.41, 5.74) is -0.245. The monoisotopic (exact) mass is 277 g/mol. The maximum absolute atomic E-state index is 11.0. The first-order valence-corrected chi connectivity index (χ1v) is 6.33. The zero-order valence-electron chi connectivity index (χ0n) is 11.0. The summed E-state index contributed by atoms with van der Waals surface area (Å²) in [5.74, 6) is 0.509. The third kappa shape index (κ3) is 3.11. The summed E-state index contributed by atoms with van der Waals surface area (Å²) in [4.78, 5) is 20.5. The van der Waals surface area contributed by atoms with Crippen molar-refractivity contribution < 1.29 is 9.85 Å². The van der Waals surface area contributed by atoms with Crippen LogP contribution in [0.3, 0.4) is 0 Å². The Hall–Kier alpha value is -2.44. The van der Waals surface area contributed by atoms with E-state index in [1.807, 2.05) is 12.2 Å². The van der Waals surface area contributed by atoms with Crippen molar-refractivity contribution in [3.05, 3.63) is 50.6 Å². The second-order valence-corrected chi connectivity index (χ2v) is 4.97. The number of benzene rings is 1. The molecule has 1 aromatic rings. The SMILES string of the molecule is C[C@H]1CC=C[C@H](Nc2ccc([N+](=O)[O-])cc2[N+](=O)[O-])C1. The van der Waals surface area contributed by atoms with Crippen molar-refractivity contribution in [1.82, 2.24) is 0 Å². The minimum atomic E-state index is -0.640. The molecule has 1 N–H and O–H groups in total. The lowest BCUT2D eigenvalue weighted by molar-refractivity contribution is -0.393. The van der Waals surface area contributed by atoms with E-state index in [1.165, 1.54) is 12.1 Å². The molecule has 0 saturated heterocycles. The van der Waals surface area contributed by atoms with Gasteiger partial charge in [0.05, 0.1) is 15.9 Å². The summed E-state index contributed by atoms with van der Waals surface area (Å²) in [5, 5.41) is 24.8. The zero-order valence-corrected chi connectivity index (χ0v) is 11.0. The lowest BCUT2D eigenvalue weighted by Gasteiger charge is -2.23. The van der Waals surface area contributed by atoms with Crippen molar-refractivity contribution in [2.75, 3.05) is 5.32 Å². The Morgan fingerprint density at radius 1 is 1.25 bits per heavy atom. The van der Waals surface area contributed by atoms with Gasteiger partial charge in [-0.2, -0.15) is 0 Å². The van der Waals surface area contributed by atoms with E-state index in [0.29, 0.717) is 11.6 Å². The summed E-state index contributed by atoms with van der Waals surface area (Å²) in [6.45, 7) is 2.11. The van der Waals surface area contributed by atoms with Gasteiger partial charge in [0.2, 0.25) is 0 Å². The number of hydrogen-bond donors (Lipinski definition) is 1. The maximum Gasteiger partial charge on any atom is 0.299 e. The third-order valence-corrected chi connectivity index (χ3v) is 3.29. The van der Waals surface area contributed by atoms with Gasteiger partial charge in [0.25, 0.3) is 11.4 Å². The van der Waals surface area contributed by atoms with Gasteiger partial charge in [-0.05, 0) is 24.8 Å². The zero-order chi connectivity index (χ0) is 14.7. The van der Waals surface area contributed by atoms with Gasteiger partial charge in [0, 0.05) is 12.1 Å². The fraction of sp³-hybridized carbons (Fsp3) is 0.385. The highest BCUT2D eigenvalue weighted by Gasteiger charge is 2.22. The fourth-order valence-corrected chi connectivity index (χ4v) is 2.30. The van der Waals surface area contributed by atoms with Crippen molar-refractivity contribution >= 4 is 17.1 Å². The van der Waals surface area contributed by atoms with Crippen molar-refractivity contribution in [2.45, 2.75) is 25.8 Å². The first-order valence-electron chi connectivity index (χ1n) is 6.33. The summed E-state index contributed by atoms with van der Waals surface area (Å²) < 4.78 is 0. The molecule has 0 fully saturated rings. The van der Waals surface area contributed by atoms with E-state index < -0.39 is 9.85 Å². The van der Waals surface area contributed by atoms with Gasteiger partial charge in [-0.3, -0.25) is 20.2 Å². The third-order valence-electron chi connectivity index (χ3n) is 3.29.